The first-order chi connectivity index (χ1) is 20.9. The summed E-state index contributed by atoms with van der Waals surface area (Å²) < 4.78 is 5.22. The van der Waals surface area contributed by atoms with E-state index in [0.29, 0.717) is 25.8 Å². The van der Waals surface area contributed by atoms with Crippen molar-refractivity contribution in [2.45, 2.75) is 64.2 Å². The molecule has 7 rings (SSSR count). The minimum absolute atomic E-state index is 0.0738. The van der Waals surface area contributed by atoms with Gasteiger partial charge in [-0.05, 0) is 59.1 Å². The summed E-state index contributed by atoms with van der Waals surface area (Å²) in [6, 6.07) is 22.4. The summed E-state index contributed by atoms with van der Waals surface area (Å²) >= 11 is 0. The minimum Gasteiger partial charge on any atom is -0.456 e. The van der Waals surface area contributed by atoms with Crippen LogP contribution in [0.3, 0.4) is 0 Å². The molecule has 3 aromatic rings. The maximum Gasteiger partial charge on any atom is 0.306 e. The van der Waals surface area contributed by atoms with Crippen molar-refractivity contribution >= 4 is 29.4 Å². The third-order valence-electron chi connectivity index (χ3n) is 9.43. The topological polar surface area (TPSA) is 92.8 Å². The molecule has 3 amide bonds. The van der Waals surface area contributed by atoms with Gasteiger partial charge < -0.3 is 10.1 Å². The molecule has 0 unspecified atom stereocenters. The number of nitrogens with zero attached hydrogens (tertiary/aromatic N) is 1. The number of hydrogen-bond donors (Lipinski definition) is 1. The number of para-hydroxylation sites is 1. The summed E-state index contributed by atoms with van der Waals surface area (Å²) in [4.78, 5) is 53.6. The van der Waals surface area contributed by atoms with Crippen LogP contribution in [0.25, 0.3) is 0 Å². The van der Waals surface area contributed by atoms with Crippen LogP contribution in [-0.4, -0.2) is 41.7 Å². The van der Waals surface area contributed by atoms with Gasteiger partial charge in [-0.1, -0.05) is 87.0 Å². The van der Waals surface area contributed by atoms with E-state index in [0.717, 1.165) is 29.7 Å². The number of carbonyl (C=O) groups is 4. The van der Waals surface area contributed by atoms with E-state index in [1.807, 2.05) is 56.3 Å². The zero-order chi connectivity index (χ0) is 30.1. The number of esters is 1. The Bertz CT molecular complexity index is 1440. The molecule has 2 bridgehead atoms. The van der Waals surface area contributed by atoms with Crippen LogP contribution in [0.1, 0.15) is 84.7 Å². The van der Waals surface area contributed by atoms with Gasteiger partial charge in [-0.25, -0.2) is 0 Å². The Labute approximate surface area is 252 Å². The molecule has 1 heterocycles. The number of nitrogens with one attached hydrogen (secondary N) is 1. The molecule has 7 nitrogen and oxygen atoms in total. The summed E-state index contributed by atoms with van der Waals surface area (Å²) in [6.07, 6.45) is 3.62. The van der Waals surface area contributed by atoms with Gasteiger partial charge in [0.2, 0.25) is 11.8 Å². The number of imide groups is 1. The molecule has 1 fully saturated rings. The van der Waals surface area contributed by atoms with Gasteiger partial charge in [-0.3, -0.25) is 24.1 Å². The first kappa shape index (κ1) is 28.8. The third-order valence-corrected chi connectivity index (χ3v) is 9.43. The van der Waals surface area contributed by atoms with Gasteiger partial charge in [0, 0.05) is 30.5 Å². The number of benzene rings is 3. The number of likely N-dealkylation sites (tertiary alicyclic amines) is 1. The number of anilines is 1. The molecule has 7 heteroatoms. The Balaban J connectivity index is 0.992. The Morgan fingerprint density at radius 1 is 0.721 bits per heavy atom. The van der Waals surface area contributed by atoms with Crippen molar-refractivity contribution in [1.82, 2.24) is 4.90 Å². The van der Waals surface area contributed by atoms with E-state index in [4.69, 9.17) is 4.74 Å². The molecular weight excluding hydrogens is 540 g/mol. The van der Waals surface area contributed by atoms with E-state index in [2.05, 4.69) is 29.6 Å². The Hall–Kier alpha value is -4.26. The molecule has 222 valence electrons. The summed E-state index contributed by atoms with van der Waals surface area (Å²) in [5, 5.41) is 2.91. The average molecular weight is 579 g/mol. The molecule has 4 aliphatic rings. The van der Waals surface area contributed by atoms with Gasteiger partial charge in [0.15, 0.2) is 6.61 Å². The van der Waals surface area contributed by atoms with Crippen LogP contribution in [-0.2, 0) is 36.8 Å². The molecule has 0 aromatic heterocycles. The van der Waals surface area contributed by atoms with E-state index >= 15 is 0 Å². The molecule has 0 spiro atoms. The first-order valence-electron chi connectivity index (χ1n) is 15.5. The van der Waals surface area contributed by atoms with Gasteiger partial charge in [0.1, 0.15) is 0 Å². The Morgan fingerprint density at radius 2 is 1.23 bits per heavy atom. The van der Waals surface area contributed by atoms with Crippen LogP contribution in [0.5, 0.6) is 0 Å². The van der Waals surface area contributed by atoms with Gasteiger partial charge in [0.05, 0.1) is 11.8 Å². The van der Waals surface area contributed by atoms with Crippen molar-refractivity contribution < 1.29 is 23.9 Å². The smallest absolute Gasteiger partial charge is 0.306 e. The van der Waals surface area contributed by atoms with Gasteiger partial charge in [0.25, 0.3) is 5.91 Å². The van der Waals surface area contributed by atoms with E-state index in [1.54, 1.807) is 0 Å². The highest BCUT2D eigenvalue weighted by molar-refractivity contribution is 6.07. The monoisotopic (exact) mass is 578 g/mol. The molecular formula is C36H38N2O5. The molecule has 1 saturated heterocycles. The number of hydrogen-bond acceptors (Lipinski definition) is 5. The highest BCUT2D eigenvalue weighted by Crippen LogP contribution is 2.60. The van der Waals surface area contributed by atoms with E-state index in [1.165, 1.54) is 27.2 Å². The fourth-order valence-electron chi connectivity index (χ4n) is 7.47. The van der Waals surface area contributed by atoms with Crippen LogP contribution >= 0.6 is 0 Å². The molecule has 1 N–H and O–H groups in total. The predicted octanol–water partition coefficient (Wildman–Crippen LogP) is 5.75. The number of unbranched alkanes of at least 4 members (excludes halogenated alkanes) is 2. The lowest BCUT2D eigenvalue weighted by molar-refractivity contribution is -0.147. The highest BCUT2D eigenvalue weighted by Gasteiger charge is 2.61. The zero-order valence-electron chi connectivity index (χ0n) is 24.8. The van der Waals surface area contributed by atoms with Crippen molar-refractivity contribution in [3.8, 4) is 0 Å². The lowest BCUT2D eigenvalue weighted by Crippen LogP contribution is -2.41. The highest BCUT2D eigenvalue weighted by atomic mass is 16.5. The minimum atomic E-state index is -0.430. The summed E-state index contributed by atoms with van der Waals surface area (Å²) in [5.41, 5.74) is 7.59. The molecule has 1 aliphatic heterocycles. The Morgan fingerprint density at radius 3 is 1.72 bits per heavy atom. The van der Waals surface area contributed by atoms with Gasteiger partial charge >= 0.3 is 5.97 Å². The van der Waals surface area contributed by atoms with Crippen molar-refractivity contribution in [2.75, 3.05) is 18.5 Å². The van der Waals surface area contributed by atoms with Crippen molar-refractivity contribution in [3.05, 3.63) is 100 Å². The quantitative estimate of drug-likeness (QED) is 0.178. The number of rotatable bonds is 11. The zero-order valence-corrected chi connectivity index (χ0v) is 24.8. The number of carbonyl (C=O) groups excluding carboxylic acids is 4. The third kappa shape index (κ3) is 5.15. The van der Waals surface area contributed by atoms with Crippen LogP contribution in [0.4, 0.5) is 5.69 Å². The van der Waals surface area contributed by atoms with Gasteiger partial charge in [-0.2, -0.15) is 0 Å². The second kappa shape index (κ2) is 12.2. The van der Waals surface area contributed by atoms with Crippen molar-refractivity contribution in [1.29, 1.82) is 0 Å². The van der Waals surface area contributed by atoms with Crippen molar-refractivity contribution in [3.63, 3.8) is 0 Å². The summed E-state index contributed by atoms with van der Waals surface area (Å²) in [7, 11) is 0. The second-order valence-electron chi connectivity index (χ2n) is 11.8. The number of ether oxygens (including phenoxy) is 1. The van der Waals surface area contributed by atoms with Crippen LogP contribution in [0.15, 0.2) is 66.7 Å². The standard InChI is InChI=1S/C36H38N2O5/c1-3-22-13-12-14-23(4-2)34(22)37-28(39)21-43-29(40)19-6-5-11-20-38-35(41)32-30-24-15-7-8-16-25(24)31(33(32)36(38)42)27-18-10-9-17-26(27)30/h7-10,12-18,30-33H,3-6,11,19-21H2,1-2H3,(H,37,39)/t30?,31?,32-,33-/m0/s1. The number of aryl methyl sites for hydroxylation is 2. The van der Waals surface area contributed by atoms with Gasteiger partial charge in [-0.15, -0.1) is 0 Å². The normalized spacial score (nSPS) is 21.3. The second-order valence-corrected chi connectivity index (χ2v) is 11.8. The average Bonchev–Trinajstić information content (AvgIpc) is 3.29. The molecule has 0 radical (unpaired) electrons. The van der Waals surface area contributed by atoms with Crippen LogP contribution in [0, 0.1) is 11.8 Å². The molecule has 2 atom stereocenters. The molecule has 3 aromatic carbocycles. The van der Waals surface area contributed by atoms with Crippen molar-refractivity contribution in [2.24, 2.45) is 11.8 Å². The number of amides is 3. The lowest BCUT2D eigenvalue weighted by atomic mass is 9.55. The maximum absolute atomic E-state index is 13.7. The van der Waals surface area contributed by atoms with E-state index < -0.39 is 5.97 Å². The fourth-order valence-corrected chi connectivity index (χ4v) is 7.47. The molecule has 43 heavy (non-hydrogen) atoms. The first-order valence-corrected chi connectivity index (χ1v) is 15.5. The fraction of sp³-hybridized carbons (Fsp3) is 0.389. The van der Waals surface area contributed by atoms with Crippen LogP contribution < -0.4 is 5.32 Å². The molecule has 0 saturated carbocycles. The SMILES string of the molecule is CCc1cccc(CC)c1NC(=O)COC(=O)CCCCCN1C(=O)[C@H]2C3c4ccccc4C(c4ccccc43)[C@@H]2C1=O. The van der Waals surface area contributed by atoms with Crippen LogP contribution in [0.2, 0.25) is 0 Å². The maximum atomic E-state index is 13.7. The summed E-state index contributed by atoms with van der Waals surface area (Å²) in [6.45, 7) is 4.10. The Kier molecular flexibility index (Phi) is 8.15. The summed E-state index contributed by atoms with van der Waals surface area (Å²) in [5.74, 6) is -1.84. The lowest BCUT2D eigenvalue weighted by Gasteiger charge is -2.45. The largest absolute Gasteiger partial charge is 0.456 e. The van der Waals surface area contributed by atoms with E-state index in [9.17, 15) is 19.2 Å². The predicted molar refractivity (Wildman–Crippen MR) is 164 cm³/mol. The van der Waals surface area contributed by atoms with E-state index in [-0.39, 0.29) is 54.4 Å². The molecule has 3 aliphatic carbocycles.